The Labute approximate surface area is 53.8 Å². The molecule has 0 radical (unpaired) electrons. The molecule has 0 aliphatic carbocycles. The van der Waals surface area contributed by atoms with E-state index in [0.29, 0.717) is 0 Å². The van der Waals surface area contributed by atoms with Crippen LogP contribution in [0.2, 0.25) is 0 Å². The van der Waals surface area contributed by atoms with Crippen LogP contribution in [0, 0.1) is 0 Å². The largest absolute Gasteiger partial charge is 0.368 e. The summed E-state index contributed by atoms with van der Waals surface area (Å²) in [5.41, 5.74) is 5.03. The van der Waals surface area contributed by atoms with Gasteiger partial charge in [-0.3, -0.25) is 10.6 Å². The molecule has 0 spiro atoms. The highest BCUT2D eigenvalue weighted by Gasteiger charge is 2.25. The van der Waals surface area contributed by atoms with E-state index in [0.717, 1.165) is 19.4 Å². The molecule has 1 amide bonds. The van der Waals surface area contributed by atoms with Crippen molar-refractivity contribution in [3.05, 3.63) is 0 Å². The van der Waals surface area contributed by atoms with Crippen LogP contribution in [0.3, 0.4) is 0 Å². The standard InChI is InChI=1S/C5H11N3O/c6-5(9)4-2-1-3-8(4)7/h4H,1-3,7H2,(H2,6,9)/t4-/m0/s1. The number of nitrogens with zero attached hydrogens (tertiary/aromatic N) is 1. The summed E-state index contributed by atoms with van der Waals surface area (Å²) in [6.45, 7) is 0.785. The van der Waals surface area contributed by atoms with E-state index in [1.807, 2.05) is 0 Å². The van der Waals surface area contributed by atoms with E-state index in [1.54, 1.807) is 0 Å². The summed E-state index contributed by atoms with van der Waals surface area (Å²) in [5, 5.41) is 1.50. The predicted molar refractivity (Wildman–Crippen MR) is 33.1 cm³/mol. The van der Waals surface area contributed by atoms with Gasteiger partial charge < -0.3 is 5.73 Å². The Morgan fingerprint density at radius 1 is 1.67 bits per heavy atom. The van der Waals surface area contributed by atoms with E-state index in [9.17, 15) is 4.79 Å². The molecular formula is C5H11N3O. The van der Waals surface area contributed by atoms with Crippen LogP contribution in [0.4, 0.5) is 0 Å². The summed E-state index contributed by atoms with van der Waals surface area (Å²) >= 11 is 0. The van der Waals surface area contributed by atoms with Crippen LogP contribution in [0.5, 0.6) is 0 Å². The molecule has 1 atom stereocenters. The molecule has 4 N–H and O–H groups in total. The Morgan fingerprint density at radius 3 is 2.56 bits per heavy atom. The number of carbonyl (C=O) groups is 1. The zero-order valence-electron chi connectivity index (χ0n) is 5.21. The number of rotatable bonds is 1. The van der Waals surface area contributed by atoms with Gasteiger partial charge >= 0.3 is 0 Å². The van der Waals surface area contributed by atoms with Crippen LogP contribution < -0.4 is 11.6 Å². The van der Waals surface area contributed by atoms with Crippen molar-refractivity contribution in [3.63, 3.8) is 0 Å². The van der Waals surface area contributed by atoms with Gasteiger partial charge in [-0.2, -0.15) is 0 Å². The zero-order chi connectivity index (χ0) is 6.85. The highest BCUT2D eigenvalue weighted by Crippen LogP contribution is 2.11. The van der Waals surface area contributed by atoms with E-state index < -0.39 is 0 Å². The fourth-order valence-corrected chi connectivity index (χ4v) is 1.09. The molecule has 1 rings (SSSR count). The van der Waals surface area contributed by atoms with Crippen LogP contribution >= 0.6 is 0 Å². The highest BCUT2D eigenvalue weighted by atomic mass is 16.1. The Hall–Kier alpha value is -0.610. The lowest BCUT2D eigenvalue weighted by Crippen LogP contribution is -2.44. The molecule has 4 nitrogen and oxygen atoms in total. The summed E-state index contributed by atoms with van der Waals surface area (Å²) in [7, 11) is 0. The molecule has 4 heteroatoms. The number of hydrogen-bond acceptors (Lipinski definition) is 3. The van der Waals surface area contributed by atoms with Gasteiger partial charge in [0.15, 0.2) is 0 Å². The second-order valence-corrected chi connectivity index (χ2v) is 2.30. The molecule has 1 aliphatic heterocycles. The lowest BCUT2D eigenvalue weighted by atomic mass is 10.2. The third-order valence-electron chi connectivity index (χ3n) is 1.62. The Bertz CT molecular complexity index is 125. The van der Waals surface area contributed by atoms with Crippen molar-refractivity contribution in [1.82, 2.24) is 5.01 Å². The molecule has 0 saturated carbocycles. The third-order valence-corrected chi connectivity index (χ3v) is 1.62. The van der Waals surface area contributed by atoms with Gasteiger partial charge in [-0.25, -0.2) is 5.01 Å². The topological polar surface area (TPSA) is 72.4 Å². The molecule has 1 aliphatic rings. The van der Waals surface area contributed by atoms with Crippen molar-refractivity contribution in [2.24, 2.45) is 11.6 Å². The summed E-state index contributed by atoms with van der Waals surface area (Å²) < 4.78 is 0. The van der Waals surface area contributed by atoms with Gasteiger partial charge in [0.2, 0.25) is 5.91 Å². The van der Waals surface area contributed by atoms with Crippen molar-refractivity contribution in [3.8, 4) is 0 Å². The van der Waals surface area contributed by atoms with Gasteiger partial charge in [0, 0.05) is 6.54 Å². The summed E-state index contributed by atoms with van der Waals surface area (Å²) in [5.74, 6) is 5.10. The molecule has 9 heavy (non-hydrogen) atoms. The van der Waals surface area contributed by atoms with Gasteiger partial charge in [-0.05, 0) is 12.8 Å². The zero-order valence-corrected chi connectivity index (χ0v) is 5.21. The SMILES string of the molecule is NC(=O)[C@@H]1CCCN1N. The van der Waals surface area contributed by atoms with Crippen LogP contribution in [-0.4, -0.2) is 23.5 Å². The minimum Gasteiger partial charge on any atom is -0.368 e. The highest BCUT2D eigenvalue weighted by molar-refractivity contribution is 5.79. The molecule has 1 fully saturated rings. The van der Waals surface area contributed by atoms with Gasteiger partial charge in [-0.1, -0.05) is 0 Å². The quantitative estimate of drug-likeness (QED) is 0.437. The van der Waals surface area contributed by atoms with Crippen LogP contribution in [0.15, 0.2) is 0 Å². The minimum absolute atomic E-state index is 0.218. The first-order chi connectivity index (χ1) is 4.22. The molecule has 0 unspecified atom stereocenters. The molecule has 1 heterocycles. The fourth-order valence-electron chi connectivity index (χ4n) is 1.09. The third kappa shape index (κ3) is 1.20. The summed E-state index contributed by atoms with van der Waals surface area (Å²) in [4.78, 5) is 10.5. The first-order valence-electron chi connectivity index (χ1n) is 3.02. The Balaban J connectivity index is 2.49. The summed E-state index contributed by atoms with van der Waals surface area (Å²) in [6.07, 6.45) is 1.79. The van der Waals surface area contributed by atoms with Gasteiger partial charge in [0.25, 0.3) is 0 Å². The van der Waals surface area contributed by atoms with Gasteiger partial charge in [0.05, 0.1) is 0 Å². The van der Waals surface area contributed by atoms with Crippen molar-refractivity contribution in [1.29, 1.82) is 0 Å². The maximum absolute atomic E-state index is 10.5. The van der Waals surface area contributed by atoms with E-state index >= 15 is 0 Å². The second-order valence-electron chi connectivity index (χ2n) is 2.30. The van der Waals surface area contributed by atoms with Crippen molar-refractivity contribution >= 4 is 5.91 Å². The summed E-state index contributed by atoms with van der Waals surface area (Å²) in [6, 6.07) is -0.218. The molecule has 0 aromatic carbocycles. The smallest absolute Gasteiger partial charge is 0.236 e. The van der Waals surface area contributed by atoms with E-state index in [1.165, 1.54) is 5.01 Å². The average molecular weight is 129 g/mol. The molecular weight excluding hydrogens is 118 g/mol. The maximum atomic E-state index is 10.5. The normalized spacial score (nSPS) is 28.8. The lowest BCUT2D eigenvalue weighted by Gasteiger charge is -2.13. The van der Waals surface area contributed by atoms with Crippen molar-refractivity contribution < 1.29 is 4.79 Å². The Kier molecular flexibility index (Phi) is 1.68. The first kappa shape index (κ1) is 6.51. The first-order valence-corrected chi connectivity index (χ1v) is 3.02. The predicted octanol–water partition coefficient (Wildman–Crippen LogP) is -1.19. The number of carbonyl (C=O) groups excluding carboxylic acids is 1. The number of nitrogens with two attached hydrogens (primary N) is 2. The Morgan fingerprint density at radius 2 is 2.33 bits per heavy atom. The van der Waals surface area contributed by atoms with Crippen LogP contribution in [0.1, 0.15) is 12.8 Å². The maximum Gasteiger partial charge on any atom is 0.236 e. The number of hydrazine groups is 1. The van der Waals surface area contributed by atoms with Crippen LogP contribution in [0.25, 0.3) is 0 Å². The minimum atomic E-state index is -0.310. The van der Waals surface area contributed by atoms with E-state index in [4.69, 9.17) is 11.6 Å². The van der Waals surface area contributed by atoms with E-state index in [-0.39, 0.29) is 11.9 Å². The van der Waals surface area contributed by atoms with E-state index in [2.05, 4.69) is 0 Å². The second kappa shape index (κ2) is 2.33. The number of amides is 1. The van der Waals surface area contributed by atoms with Crippen molar-refractivity contribution in [2.45, 2.75) is 18.9 Å². The number of hydrogen-bond donors (Lipinski definition) is 2. The molecule has 0 bridgehead atoms. The lowest BCUT2D eigenvalue weighted by molar-refractivity contribution is -0.122. The number of primary amides is 1. The van der Waals surface area contributed by atoms with Gasteiger partial charge in [0.1, 0.15) is 6.04 Å². The average Bonchev–Trinajstić information content (AvgIpc) is 2.13. The molecule has 0 aromatic rings. The fraction of sp³-hybridized carbons (Fsp3) is 0.800. The molecule has 52 valence electrons. The van der Waals surface area contributed by atoms with Gasteiger partial charge in [-0.15, -0.1) is 0 Å². The molecule has 1 saturated heterocycles. The van der Waals surface area contributed by atoms with Crippen molar-refractivity contribution in [2.75, 3.05) is 6.54 Å². The van der Waals surface area contributed by atoms with Crippen LogP contribution in [-0.2, 0) is 4.79 Å². The molecule has 0 aromatic heterocycles. The monoisotopic (exact) mass is 129 g/mol.